The second-order valence-electron chi connectivity index (χ2n) is 16.0. The zero-order chi connectivity index (χ0) is 36.8. The lowest BCUT2D eigenvalue weighted by Gasteiger charge is -2.41. The number of pyridine rings is 1. The SMILES string of the molecule is Cc1nc(NCCCN2CCN(C)CC2)c(-c2ccc(OCCc3ccc(F)cc3)cc2)c(N2CCC(C)(C)CC2)c1C(OC(C)(C)C)C(=O)O. The molecule has 3 aromatic rings. The Morgan fingerprint density at radius 2 is 1.65 bits per heavy atom. The largest absolute Gasteiger partial charge is 0.493 e. The number of carboxylic acids is 1. The Morgan fingerprint density at radius 1 is 1.00 bits per heavy atom. The Morgan fingerprint density at radius 3 is 2.25 bits per heavy atom. The quantitative estimate of drug-likeness (QED) is 0.166. The number of hydrogen-bond acceptors (Lipinski definition) is 8. The average Bonchev–Trinajstić information content (AvgIpc) is 3.07. The summed E-state index contributed by atoms with van der Waals surface area (Å²) in [4.78, 5) is 25.4. The number of piperazine rings is 1. The van der Waals surface area contributed by atoms with Crippen molar-refractivity contribution in [1.29, 1.82) is 0 Å². The van der Waals surface area contributed by atoms with Gasteiger partial charge < -0.3 is 34.6 Å². The normalized spacial score (nSPS) is 17.7. The first-order valence-corrected chi connectivity index (χ1v) is 18.5. The lowest BCUT2D eigenvalue weighted by atomic mass is 9.82. The fourth-order valence-electron chi connectivity index (χ4n) is 6.90. The van der Waals surface area contributed by atoms with Crippen LogP contribution in [-0.4, -0.2) is 97.5 Å². The number of benzene rings is 2. The van der Waals surface area contributed by atoms with Gasteiger partial charge >= 0.3 is 5.97 Å². The molecule has 3 heterocycles. The molecule has 5 rings (SSSR count). The monoisotopic (exact) mass is 703 g/mol. The standard InChI is InChI=1S/C41H58FN5O4/c1-29-34(37(39(48)49)51-40(2,3)4)36(47-22-18-41(5,6)19-23-47)35(38(44-29)43-20-8-21-46-26-24-45(7)25-27-46)31-11-15-33(16-12-31)50-28-17-30-9-13-32(42)14-10-30/h9-16,37H,8,17-28H2,1-7H3,(H,43,44)(H,48,49). The number of hydrogen-bond donors (Lipinski definition) is 2. The van der Waals surface area contributed by atoms with E-state index in [4.69, 9.17) is 14.5 Å². The van der Waals surface area contributed by atoms with Crippen LogP contribution < -0.4 is 15.0 Å². The summed E-state index contributed by atoms with van der Waals surface area (Å²) in [6.07, 6.45) is 2.40. The molecule has 1 aromatic heterocycles. The van der Waals surface area contributed by atoms with Gasteiger partial charge in [-0.15, -0.1) is 0 Å². The van der Waals surface area contributed by atoms with Gasteiger partial charge in [0, 0.05) is 69.1 Å². The number of carbonyl (C=O) groups is 1. The number of nitrogens with one attached hydrogen (secondary N) is 1. The molecule has 0 amide bonds. The van der Waals surface area contributed by atoms with Crippen LogP contribution in [0.1, 0.15) is 76.8 Å². The molecule has 1 atom stereocenters. The van der Waals surface area contributed by atoms with Crippen molar-refractivity contribution < 1.29 is 23.8 Å². The third-order valence-corrected chi connectivity index (χ3v) is 10.0. The highest BCUT2D eigenvalue weighted by Crippen LogP contribution is 2.46. The third-order valence-electron chi connectivity index (χ3n) is 10.0. The van der Waals surface area contributed by atoms with E-state index in [1.807, 2.05) is 52.0 Å². The number of aryl methyl sites for hydroxylation is 1. The first kappa shape index (κ1) is 38.5. The fraction of sp³-hybridized carbons (Fsp3) is 0.561. The van der Waals surface area contributed by atoms with E-state index in [0.29, 0.717) is 24.3 Å². The summed E-state index contributed by atoms with van der Waals surface area (Å²) >= 11 is 0. The first-order valence-electron chi connectivity index (χ1n) is 18.5. The van der Waals surface area contributed by atoms with E-state index in [2.05, 4.69) is 40.9 Å². The second-order valence-corrected chi connectivity index (χ2v) is 16.0. The number of rotatable bonds is 14. The number of aromatic nitrogens is 1. The summed E-state index contributed by atoms with van der Waals surface area (Å²) in [6, 6.07) is 14.5. The summed E-state index contributed by atoms with van der Waals surface area (Å²) in [5.74, 6) is 0.195. The van der Waals surface area contributed by atoms with Gasteiger partial charge in [-0.1, -0.05) is 38.1 Å². The van der Waals surface area contributed by atoms with Gasteiger partial charge in [0.05, 0.1) is 17.9 Å². The average molecular weight is 704 g/mol. The van der Waals surface area contributed by atoms with Crippen LogP contribution >= 0.6 is 0 Å². The number of halogens is 1. The van der Waals surface area contributed by atoms with Crippen molar-refractivity contribution >= 4 is 17.5 Å². The molecule has 10 heteroatoms. The lowest BCUT2D eigenvalue weighted by Crippen LogP contribution is -2.44. The minimum Gasteiger partial charge on any atom is -0.493 e. The van der Waals surface area contributed by atoms with Crippen molar-refractivity contribution in [3.8, 4) is 16.9 Å². The van der Waals surface area contributed by atoms with Crippen LogP contribution in [0.3, 0.4) is 0 Å². The number of carboxylic acid groups (broad SMARTS) is 1. The van der Waals surface area contributed by atoms with Gasteiger partial charge in [-0.2, -0.15) is 0 Å². The molecule has 278 valence electrons. The highest BCUT2D eigenvalue weighted by molar-refractivity contribution is 5.92. The third kappa shape index (κ3) is 10.7. The zero-order valence-corrected chi connectivity index (χ0v) is 31.7. The molecule has 2 fully saturated rings. The fourth-order valence-corrected chi connectivity index (χ4v) is 6.90. The molecule has 1 unspecified atom stereocenters. The molecule has 0 saturated carbocycles. The van der Waals surface area contributed by atoms with E-state index >= 15 is 0 Å². The van der Waals surface area contributed by atoms with E-state index < -0.39 is 17.7 Å². The van der Waals surface area contributed by atoms with Crippen LogP contribution in [0.25, 0.3) is 11.1 Å². The topological polar surface area (TPSA) is 90.4 Å². The summed E-state index contributed by atoms with van der Waals surface area (Å²) in [5, 5.41) is 14.3. The molecule has 2 saturated heterocycles. The van der Waals surface area contributed by atoms with E-state index in [1.165, 1.54) is 12.1 Å². The van der Waals surface area contributed by atoms with Gasteiger partial charge in [0.1, 0.15) is 17.4 Å². The van der Waals surface area contributed by atoms with E-state index in [1.54, 1.807) is 12.1 Å². The van der Waals surface area contributed by atoms with Gasteiger partial charge in [0.2, 0.25) is 0 Å². The summed E-state index contributed by atoms with van der Waals surface area (Å²) < 4.78 is 25.8. The van der Waals surface area contributed by atoms with Crippen LogP contribution in [-0.2, 0) is 16.0 Å². The summed E-state index contributed by atoms with van der Waals surface area (Å²) in [7, 11) is 2.17. The highest BCUT2D eigenvalue weighted by atomic mass is 19.1. The van der Waals surface area contributed by atoms with Crippen LogP contribution in [0.4, 0.5) is 15.9 Å². The number of likely N-dealkylation sites (N-methyl/N-ethyl adjacent to an activating group) is 1. The number of nitrogens with zero attached hydrogens (tertiary/aromatic N) is 4. The molecule has 0 radical (unpaired) electrons. The van der Waals surface area contributed by atoms with Gasteiger partial charge in [0.25, 0.3) is 0 Å². The number of anilines is 2. The van der Waals surface area contributed by atoms with E-state index in [9.17, 15) is 14.3 Å². The molecule has 2 aromatic carbocycles. The molecule has 0 bridgehead atoms. The van der Waals surface area contributed by atoms with E-state index in [0.717, 1.165) is 106 Å². The first-order chi connectivity index (χ1) is 24.2. The molecule has 0 spiro atoms. The Hall–Kier alpha value is -3.73. The van der Waals surface area contributed by atoms with Crippen LogP contribution in [0.15, 0.2) is 48.5 Å². The molecular formula is C41H58FN5O4. The van der Waals surface area contributed by atoms with Crippen molar-refractivity contribution in [1.82, 2.24) is 14.8 Å². The van der Waals surface area contributed by atoms with Crippen molar-refractivity contribution in [2.45, 2.75) is 78.9 Å². The van der Waals surface area contributed by atoms with Crippen LogP contribution in [0, 0.1) is 18.2 Å². The van der Waals surface area contributed by atoms with Crippen LogP contribution in [0.5, 0.6) is 5.75 Å². The molecule has 0 aliphatic carbocycles. The molecule has 51 heavy (non-hydrogen) atoms. The van der Waals surface area contributed by atoms with E-state index in [-0.39, 0.29) is 11.2 Å². The number of piperidine rings is 1. The molecule has 9 nitrogen and oxygen atoms in total. The predicted octanol–water partition coefficient (Wildman–Crippen LogP) is 7.43. The lowest BCUT2D eigenvalue weighted by molar-refractivity contribution is -0.160. The summed E-state index contributed by atoms with van der Waals surface area (Å²) in [6.45, 7) is 20.3. The van der Waals surface area contributed by atoms with Crippen LogP contribution in [0.2, 0.25) is 0 Å². The number of ether oxygens (including phenoxy) is 2. The molecule has 2 aliphatic rings. The smallest absolute Gasteiger partial charge is 0.337 e. The van der Waals surface area contributed by atoms with Crippen molar-refractivity contribution in [2.75, 3.05) is 76.2 Å². The van der Waals surface area contributed by atoms with Gasteiger partial charge in [-0.05, 0) is 101 Å². The molecule has 2 aliphatic heterocycles. The Balaban J connectivity index is 1.51. The maximum atomic E-state index is 13.4. The zero-order valence-electron chi connectivity index (χ0n) is 31.7. The van der Waals surface area contributed by atoms with Gasteiger partial charge in [0.15, 0.2) is 6.10 Å². The number of aliphatic carboxylic acids is 1. The highest BCUT2D eigenvalue weighted by Gasteiger charge is 2.37. The Kier molecular flexibility index (Phi) is 12.6. The second kappa shape index (κ2) is 16.7. The Labute approximate surface area is 304 Å². The maximum absolute atomic E-state index is 13.4. The minimum atomic E-state index is -1.19. The van der Waals surface area contributed by atoms with Crippen molar-refractivity contribution in [3.63, 3.8) is 0 Å². The Bertz CT molecular complexity index is 1590. The molecular weight excluding hydrogens is 645 g/mol. The van der Waals surface area contributed by atoms with Gasteiger partial charge in [-0.25, -0.2) is 14.2 Å². The van der Waals surface area contributed by atoms with Gasteiger partial charge in [-0.3, -0.25) is 0 Å². The molecule has 2 N–H and O–H groups in total. The maximum Gasteiger partial charge on any atom is 0.337 e. The predicted molar refractivity (Wildman–Crippen MR) is 203 cm³/mol. The summed E-state index contributed by atoms with van der Waals surface area (Å²) in [5.41, 5.74) is 4.46. The van der Waals surface area contributed by atoms with Crippen molar-refractivity contribution in [3.05, 3.63) is 71.2 Å². The van der Waals surface area contributed by atoms with Crippen molar-refractivity contribution in [2.24, 2.45) is 5.41 Å². The minimum absolute atomic E-state index is 0.199.